The lowest BCUT2D eigenvalue weighted by molar-refractivity contribution is -0.128. The number of hydrogen-bond acceptors (Lipinski definition) is 8. The van der Waals surface area contributed by atoms with E-state index >= 15 is 0 Å². The van der Waals surface area contributed by atoms with E-state index in [4.69, 9.17) is 4.74 Å². The van der Waals surface area contributed by atoms with Crippen LogP contribution in [0.15, 0.2) is 29.9 Å². The van der Waals surface area contributed by atoms with Crippen molar-refractivity contribution in [3.05, 3.63) is 41.1 Å². The zero-order valence-electron chi connectivity index (χ0n) is 26.7. The Bertz CT molecular complexity index is 1130. The van der Waals surface area contributed by atoms with Crippen molar-refractivity contribution in [2.45, 2.75) is 78.5 Å². The second-order valence-electron chi connectivity index (χ2n) is 12.2. The number of hydrogen-bond donors (Lipinski definition) is 2. The minimum Gasteiger partial charge on any atom is -0.372 e. The van der Waals surface area contributed by atoms with Gasteiger partial charge in [-0.2, -0.15) is 0 Å². The second kappa shape index (κ2) is 15.4. The third-order valence-electron chi connectivity index (χ3n) is 9.08. The largest absolute Gasteiger partial charge is 0.372 e. The number of rotatable bonds is 11. The van der Waals surface area contributed by atoms with Crippen molar-refractivity contribution in [3.8, 4) is 0 Å². The molecule has 2 fully saturated rings. The molecule has 1 amide bonds. The van der Waals surface area contributed by atoms with Crippen LogP contribution < -0.4 is 20.7 Å². The predicted octanol–water partition coefficient (Wildman–Crippen LogP) is 3.92. The summed E-state index contributed by atoms with van der Waals surface area (Å²) in [6.07, 6.45) is 0.756. The average molecular weight is 604 g/mol. The van der Waals surface area contributed by atoms with E-state index in [1.165, 1.54) is 17.2 Å². The number of halogens is 2. The lowest BCUT2D eigenvalue weighted by Crippen LogP contribution is -2.63. The monoisotopic (exact) mass is 603 g/mol. The molecule has 9 nitrogen and oxygen atoms in total. The zero-order chi connectivity index (χ0) is 31.1. The molecule has 2 N–H and O–H groups in total. The maximum atomic E-state index is 14.6. The van der Waals surface area contributed by atoms with Crippen molar-refractivity contribution in [1.82, 2.24) is 25.6 Å². The van der Waals surface area contributed by atoms with Crippen LogP contribution in [0.3, 0.4) is 0 Å². The van der Waals surface area contributed by atoms with Crippen LogP contribution in [0.1, 0.15) is 65.1 Å². The van der Waals surface area contributed by atoms with Gasteiger partial charge < -0.3 is 19.4 Å². The molecule has 11 heteroatoms. The summed E-state index contributed by atoms with van der Waals surface area (Å²) >= 11 is 0. The zero-order valence-corrected chi connectivity index (χ0v) is 26.7. The van der Waals surface area contributed by atoms with Crippen LogP contribution in [-0.2, 0) is 16.0 Å². The highest BCUT2D eigenvalue weighted by molar-refractivity contribution is 5.87. The number of aromatic nitrogens is 1. The first-order valence-electron chi connectivity index (χ1n) is 15.9. The highest BCUT2D eigenvalue weighted by Gasteiger charge is 2.36. The highest BCUT2D eigenvalue weighted by atomic mass is 19.3. The molecule has 4 heterocycles. The van der Waals surface area contributed by atoms with Crippen molar-refractivity contribution >= 4 is 17.4 Å². The second-order valence-corrected chi connectivity index (χ2v) is 12.2. The maximum absolute atomic E-state index is 14.6. The molecular weight excluding hydrogens is 552 g/mol. The molecular formula is C32H51F2N7O2. The van der Waals surface area contributed by atoms with Gasteiger partial charge in [0.05, 0.1) is 12.7 Å². The van der Waals surface area contributed by atoms with Gasteiger partial charge in [0, 0.05) is 88.3 Å². The number of pyridine rings is 1. The van der Waals surface area contributed by atoms with Gasteiger partial charge in [0.2, 0.25) is 5.91 Å². The molecule has 1 unspecified atom stereocenters. The maximum Gasteiger partial charge on any atom is 0.280 e. The van der Waals surface area contributed by atoms with Gasteiger partial charge in [-0.25, -0.2) is 13.8 Å². The van der Waals surface area contributed by atoms with E-state index in [1.54, 1.807) is 0 Å². The fourth-order valence-corrected chi connectivity index (χ4v) is 6.27. The number of nitrogens with one attached hydrogen (secondary N) is 2. The minimum atomic E-state index is -2.65. The van der Waals surface area contributed by atoms with Gasteiger partial charge in [0.1, 0.15) is 11.5 Å². The van der Waals surface area contributed by atoms with E-state index < -0.39 is 6.43 Å². The Hall–Kier alpha value is -2.60. The summed E-state index contributed by atoms with van der Waals surface area (Å²) in [5, 5.41) is 0. The minimum absolute atomic E-state index is 0.0235. The first-order chi connectivity index (χ1) is 20.6. The van der Waals surface area contributed by atoms with Crippen LogP contribution in [0.5, 0.6) is 0 Å². The molecule has 2 saturated heterocycles. The van der Waals surface area contributed by atoms with Crippen molar-refractivity contribution < 1.29 is 18.3 Å². The third-order valence-corrected chi connectivity index (χ3v) is 9.08. The molecule has 0 radical (unpaired) electrons. The van der Waals surface area contributed by atoms with Crippen molar-refractivity contribution in [2.75, 3.05) is 75.3 Å². The molecule has 0 spiro atoms. The molecule has 240 valence electrons. The lowest BCUT2D eigenvalue weighted by atomic mass is 9.99. The summed E-state index contributed by atoms with van der Waals surface area (Å²) in [5.74, 6) is 0.578. The smallest absolute Gasteiger partial charge is 0.280 e. The molecule has 1 aromatic heterocycles. The van der Waals surface area contributed by atoms with Crippen LogP contribution in [0.2, 0.25) is 0 Å². The predicted molar refractivity (Wildman–Crippen MR) is 169 cm³/mol. The van der Waals surface area contributed by atoms with E-state index in [2.05, 4.69) is 64.8 Å². The summed E-state index contributed by atoms with van der Waals surface area (Å²) < 4.78 is 35.4. The Labute approximate surface area is 256 Å². The number of amides is 1. The van der Waals surface area contributed by atoms with E-state index in [0.717, 1.165) is 51.3 Å². The van der Waals surface area contributed by atoms with Gasteiger partial charge in [-0.3, -0.25) is 20.5 Å². The Morgan fingerprint density at radius 3 is 2.56 bits per heavy atom. The Balaban J connectivity index is 1.54. The van der Waals surface area contributed by atoms with Crippen LogP contribution in [0, 0.1) is 0 Å². The number of carbonyl (C=O) groups is 1. The van der Waals surface area contributed by atoms with Gasteiger partial charge in [0.25, 0.3) is 6.43 Å². The van der Waals surface area contributed by atoms with Crippen LogP contribution in [0.4, 0.5) is 20.3 Å². The molecule has 3 aliphatic rings. The highest BCUT2D eigenvalue weighted by Crippen LogP contribution is 2.37. The average Bonchev–Trinajstić information content (AvgIpc) is 3.04. The number of carbonyl (C=O) groups excluding carboxylic acids is 1. The van der Waals surface area contributed by atoms with Crippen molar-refractivity contribution in [2.24, 2.45) is 0 Å². The standard InChI is InChI=1S/C32H51F2N7O2/c1-7-9-26-27(40-20-25(21-40)38-13-15-39(16-14-38)30(42)8-2)18-29(37-31(26)32(33)34)41(22(3)4)12-10-28-24(6)23(5)19-36-35-11-17-43-28/h8,18,22,25,28,32,35-36H,2,7,9-17,19-21H2,1,3-6H3/b24-23+. The number of hydrazine groups is 1. The normalized spacial score (nSPS) is 22.8. The number of ether oxygens (including phenoxy) is 1. The molecule has 0 bridgehead atoms. The number of piperazine rings is 1. The number of alkyl halides is 2. The summed E-state index contributed by atoms with van der Waals surface area (Å²) in [7, 11) is 0. The number of nitrogens with zero attached hydrogens (tertiary/aromatic N) is 5. The molecule has 3 aliphatic heterocycles. The summed E-state index contributed by atoms with van der Waals surface area (Å²) in [5.41, 5.74) is 10.3. The SMILES string of the molecule is C=CC(=O)N1CCN(C2CN(c3cc(N(CCC4OCCNNC/C(C)=C/4C)C(C)C)nc(C(F)F)c3CCC)C2)CC1. The molecule has 0 aliphatic carbocycles. The van der Waals surface area contributed by atoms with E-state index in [9.17, 15) is 13.6 Å². The van der Waals surface area contributed by atoms with Gasteiger partial charge in [-0.05, 0) is 52.2 Å². The van der Waals surface area contributed by atoms with Crippen LogP contribution >= 0.6 is 0 Å². The number of anilines is 2. The van der Waals surface area contributed by atoms with Gasteiger partial charge >= 0.3 is 0 Å². The first kappa shape index (κ1) is 33.3. The van der Waals surface area contributed by atoms with Gasteiger partial charge in [0.15, 0.2) is 0 Å². The van der Waals surface area contributed by atoms with Crippen molar-refractivity contribution in [3.63, 3.8) is 0 Å². The first-order valence-corrected chi connectivity index (χ1v) is 15.9. The fraction of sp³-hybridized carbons (Fsp3) is 0.688. The topological polar surface area (TPSA) is 76.2 Å². The summed E-state index contributed by atoms with van der Waals surface area (Å²) in [4.78, 5) is 25.2. The van der Waals surface area contributed by atoms with Crippen LogP contribution in [-0.4, -0.2) is 104 Å². The molecule has 0 saturated carbocycles. The molecule has 1 atom stereocenters. The van der Waals surface area contributed by atoms with Gasteiger partial charge in [-0.15, -0.1) is 0 Å². The van der Waals surface area contributed by atoms with E-state index in [1.807, 2.05) is 17.9 Å². The van der Waals surface area contributed by atoms with Gasteiger partial charge in [-0.1, -0.05) is 25.5 Å². The fourth-order valence-electron chi connectivity index (χ4n) is 6.27. The van der Waals surface area contributed by atoms with E-state index in [-0.39, 0.29) is 23.7 Å². The summed E-state index contributed by atoms with van der Waals surface area (Å²) in [6, 6.07) is 2.46. The third kappa shape index (κ3) is 8.12. The molecule has 4 rings (SSSR count). The van der Waals surface area contributed by atoms with Crippen molar-refractivity contribution in [1.29, 1.82) is 0 Å². The van der Waals surface area contributed by atoms with Crippen LogP contribution in [0.25, 0.3) is 0 Å². The summed E-state index contributed by atoms with van der Waals surface area (Å²) in [6.45, 7) is 21.3. The molecule has 43 heavy (non-hydrogen) atoms. The molecule has 0 aromatic carbocycles. The Morgan fingerprint density at radius 2 is 1.93 bits per heavy atom. The Kier molecular flexibility index (Phi) is 11.9. The Morgan fingerprint density at radius 1 is 1.21 bits per heavy atom. The quantitative estimate of drug-likeness (QED) is 0.291. The lowest BCUT2D eigenvalue weighted by Gasteiger charge is -2.49. The van der Waals surface area contributed by atoms with E-state index in [0.29, 0.717) is 56.6 Å². The molecule has 1 aromatic rings.